The number of benzene rings is 2. The summed E-state index contributed by atoms with van der Waals surface area (Å²) in [5.41, 5.74) is 1.73. The summed E-state index contributed by atoms with van der Waals surface area (Å²) >= 11 is 6.31. The van der Waals surface area contributed by atoms with Crippen LogP contribution in [0.4, 0.5) is 0 Å². The molecule has 0 saturated carbocycles. The van der Waals surface area contributed by atoms with Crippen molar-refractivity contribution in [1.82, 2.24) is 10.2 Å². The number of aryl methyl sites for hydroxylation is 1. The fourth-order valence-corrected chi connectivity index (χ4v) is 3.25. The van der Waals surface area contributed by atoms with E-state index in [4.69, 9.17) is 16.3 Å². The van der Waals surface area contributed by atoms with Gasteiger partial charge in [0.05, 0.1) is 0 Å². The molecule has 2 rings (SSSR count). The number of carbonyl (C=O) groups is 2. The molecule has 0 radical (unpaired) electrons. The molecule has 0 heterocycles. The van der Waals surface area contributed by atoms with Crippen LogP contribution in [0.2, 0.25) is 5.02 Å². The van der Waals surface area contributed by atoms with Gasteiger partial charge in [-0.1, -0.05) is 54.9 Å². The Morgan fingerprint density at radius 3 is 2.38 bits per heavy atom. The Hall–Kier alpha value is -2.53. The van der Waals surface area contributed by atoms with E-state index in [1.54, 1.807) is 11.0 Å². The molecule has 5 nitrogen and oxygen atoms in total. The highest BCUT2D eigenvalue weighted by molar-refractivity contribution is 6.31. The predicted octanol–water partition coefficient (Wildman–Crippen LogP) is 4.36. The number of nitrogens with one attached hydrogen (secondary N) is 1. The first-order valence-electron chi connectivity index (χ1n) is 9.85. The number of para-hydroxylation sites is 1. The van der Waals surface area contributed by atoms with Crippen LogP contribution in [0.5, 0.6) is 5.75 Å². The van der Waals surface area contributed by atoms with Crippen LogP contribution in [0, 0.1) is 6.92 Å². The molecule has 0 fully saturated rings. The molecule has 0 saturated heterocycles. The van der Waals surface area contributed by atoms with Gasteiger partial charge in [0.1, 0.15) is 11.8 Å². The quantitative estimate of drug-likeness (QED) is 0.660. The van der Waals surface area contributed by atoms with E-state index in [-0.39, 0.29) is 31.0 Å². The van der Waals surface area contributed by atoms with E-state index in [1.807, 2.05) is 70.2 Å². The van der Waals surface area contributed by atoms with Crippen molar-refractivity contribution in [3.63, 3.8) is 0 Å². The number of ether oxygens (including phenoxy) is 1. The second-order valence-electron chi connectivity index (χ2n) is 7.25. The highest BCUT2D eigenvalue weighted by atomic mass is 35.5. The average Bonchev–Trinajstić information content (AvgIpc) is 2.68. The van der Waals surface area contributed by atoms with Crippen LogP contribution in [0.1, 0.15) is 38.3 Å². The monoisotopic (exact) mass is 416 g/mol. The van der Waals surface area contributed by atoms with Crippen molar-refractivity contribution < 1.29 is 14.3 Å². The summed E-state index contributed by atoms with van der Waals surface area (Å²) in [6.07, 6.45) is 0.485. The second-order valence-corrected chi connectivity index (χ2v) is 7.66. The van der Waals surface area contributed by atoms with Gasteiger partial charge in [-0.15, -0.1) is 0 Å². The summed E-state index contributed by atoms with van der Waals surface area (Å²) < 4.78 is 5.75. The fourth-order valence-electron chi connectivity index (χ4n) is 3.05. The van der Waals surface area contributed by atoms with Crippen molar-refractivity contribution in [2.24, 2.45) is 0 Å². The van der Waals surface area contributed by atoms with Gasteiger partial charge in [0.25, 0.3) is 5.91 Å². The first-order valence-corrected chi connectivity index (χ1v) is 10.2. The zero-order chi connectivity index (χ0) is 21.4. The highest BCUT2D eigenvalue weighted by Gasteiger charge is 2.29. The van der Waals surface area contributed by atoms with Crippen molar-refractivity contribution in [3.8, 4) is 5.75 Å². The third-order valence-electron chi connectivity index (χ3n) is 4.56. The van der Waals surface area contributed by atoms with Crippen LogP contribution < -0.4 is 10.1 Å². The van der Waals surface area contributed by atoms with Gasteiger partial charge >= 0.3 is 0 Å². The Balaban J connectivity index is 2.24. The molecular formula is C23H29ClN2O3. The van der Waals surface area contributed by atoms with Gasteiger partial charge in [0, 0.05) is 17.6 Å². The summed E-state index contributed by atoms with van der Waals surface area (Å²) in [5, 5.41) is 3.47. The van der Waals surface area contributed by atoms with Crippen molar-refractivity contribution in [1.29, 1.82) is 0 Å². The van der Waals surface area contributed by atoms with Crippen LogP contribution in [-0.2, 0) is 16.1 Å². The van der Waals surface area contributed by atoms with Crippen LogP contribution in [-0.4, -0.2) is 35.4 Å². The molecule has 2 amide bonds. The SMILES string of the molecule is CC[C@H](C(=O)NC(C)C)N(Cc1ccccc1Cl)C(=O)COc1ccccc1C. The molecule has 29 heavy (non-hydrogen) atoms. The minimum absolute atomic E-state index is 0.0166. The molecule has 0 bridgehead atoms. The number of rotatable bonds is 9. The molecule has 0 aliphatic heterocycles. The van der Waals surface area contributed by atoms with Gasteiger partial charge in [-0.2, -0.15) is 0 Å². The number of carbonyl (C=O) groups excluding carboxylic acids is 2. The Morgan fingerprint density at radius 2 is 1.76 bits per heavy atom. The topological polar surface area (TPSA) is 58.6 Å². The summed E-state index contributed by atoms with van der Waals surface area (Å²) in [5.74, 6) is 0.205. The van der Waals surface area contributed by atoms with Crippen LogP contribution in [0.3, 0.4) is 0 Å². The smallest absolute Gasteiger partial charge is 0.261 e. The molecule has 6 heteroatoms. The van der Waals surface area contributed by atoms with Gasteiger partial charge in [-0.05, 0) is 50.5 Å². The van der Waals surface area contributed by atoms with Crippen LogP contribution in [0.25, 0.3) is 0 Å². The van der Waals surface area contributed by atoms with Gasteiger partial charge in [0.15, 0.2) is 6.61 Å². The van der Waals surface area contributed by atoms with Crippen molar-refractivity contribution in [3.05, 3.63) is 64.7 Å². The van der Waals surface area contributed by atoms with Crippen molar-refractivity contribution >= 4 is 23.4 Å². The molecule has 1 atom stereocenters. The van der Waals surface area contributed by atoms with Crippen molar-refractivity contribution in [2.45, 2.75) is 52.7 Å². The van der Waals surface area contributed by atoms with Crippen LogP contribution >= 0.6 is 11.6 Å². The molecule has 2 aromatic carbocycles. The first kappa shape index (κ1) is 22.8. The van der Waals surface area contributed by atoms with E-state index < -0.39 is 6.04 Å². The molecule has 2 aromatic rings. The summed E-state index contributed by atoms with van der Waals surface area (Å²) in [6, 6.07) is 14.2. The average molecular weight is 417 g/mol. The number of halogens is 1. The predicted molar refractivity (Wildman–Crippen MR) is 116 cm³/mol. The first-order chi connectivity index (χ1) is 13.8. The standard InChI is InChI=1S/C23H29ClN2O3/c1-5-20(23(28)25-16(2)3)26(14-18-11-7-8-12-19(18)24)22(27)15-29-21-13-9-6-10-17(21)4/h6-13,16,20H,5,14-15H2,1-4H3,(H,25,28)/t20-/m1/s1. The Kier molecular flexibility index (Phi) is 8.52. The normalized spacial score (nSPS) is 11.8. The van der Waals surface area contributed by atoms with E-state index in [1.165, 1.54) is 0 Å². The van der Waals surface area contributed by atoms with E-state index in [2.05, 4.69) is 5.32 Å². The molecule has 1 N–H and O–H groups in total. The Morgan fingerprint density at radius 1 is 1.10 bits per heavy atom. The summed E-state index contributed by atoms with van der Waals surface area (Å²) in [6.45, 7) is 7.69. The lowest BCUT2D eigenvalue weighted by Crippen LogP contribution is -2.51. The zero-order valence-electron chi connectivity index (χ0n) is 17.4. The largest absolute Gasteiger partial charge is 0.484 e. The van der Waals surface area contributed by atoms with Gasteiger partial charge in [-0.25, -0.2) is 0 Å². The lowest BCUT2D eigenvalue weighted by molar-refractivity contribution is -0.143. The zero-order valence-corrected chi connectivity index (χ0v) is 18.2. The maximum atomic E-state index is 13.1. The lowest BCUT2D eigenvalue weighted by Gasteiger charge is -2.31. The Bertz CT molecular complexity index is 838. The third-order valence-corrected chi connectivity index (χ3v) is 4.93. The molecule has 156 valence electrons. The minimum Gasteiger partial charge on any atom is -0.484 e. The van der Waals surface area contributed by atoms with Gasteiger partial charge < -0.3 is 15.0 Å². The summed E-state index contributed by atoms with van der Waals surface area (Å²) in [4.78, 5) is 27.4. The van der Waals surface area contributed by atoms with E-state index in [0.29, 0.717) is 17.2 Å². The third kappa shape index (κ3) is 6.50. The van der Waals surface area contributed by atoms with Gasteiger partial charge in [0.2, 0.25) is 5.91 Å². The molecule has 0 aliphatic carbocycles. The van der Waals surface area contributed by atoms with E-state index in [9.17, 15) is 9.59 Å². The molecule has 0 aromatic heterocycles. The fraction of sp³-hybridized carbons (Fsp3) is 0.391. The minimum atomic E-state index is -0.610. The molecule has 0 aliphatic rings. The van der Waals surface area contributed by atoms with Gasteiger partial charge in [-0.3, -0.25) is 9.59 Å². The maximum absolute atomic E-state index is 13.1. The number of amides is 2. The molecule has 0 spiro atoms. The molecule has 0 unspecified atom stereocenters. The molecular weight excluding hydrogens is 388 g/mol. The van der Waals surface area contributed by atoms with E-state index in [0.717, 1.165) is 11.1 Å². The lowest BCUT2D eigenvalue weighted by atomic mass is 10.1. The number of hydrogen-bond acceptors (Lipinski definition) is 3. The Labute approximate surface area is 178 Å². The van der Waals surface area contributed by atoms with E-state index >= 15 is 0 Å². The highest BCUT2D eigenvalue weighted by Crippen LogP contribution is 2.21. The van der Waals surface area contributed by atoms with Crippen molar-refractivity contribution in [2.75, 3.05) is 6.61 Å². The number of nitrogens with zero attached hydrogens (tertiary/aromatic N) is 1. The van der Waals surface area contributed by atoms with Crippen LogP contribution in [0.15, 0.2) is 48.5 Å². The maximum Gasteiger partial charge on any atom is 0.261 e. The number of hydrogen-bond donors (Lipinski definition) is 1. The summed E-state index contributed by atoms with van der Waals surface area (Å²) in [7, 11) is 0. The second kappa shape index (κ2) is 10.9.